The minimum Gasteiger partial charge on any atom is -0.404 e. The number of ether oxygens (including phenoxy) is 2. The van der Waals surface area contributed by atoms with Crippen LogP contribution in [-0.4, -0.2) is 51.4 Å². The van der Waals surface area contributed by atoms with E-state index in [-0.39, 0.29) is 31.6 Å². The lowest BCUT2D eigenvalue weighted by Crippen LogP contribution is -2.41. The highest BCUT2D eigenvalue weighted by Crippen LogP contribution is 2.32. The number of sulfonamides is 1. The molecule has 1 aromatic carbocycles. The van der Waals surface area contributed by atoms with Crippen LogP contribution in [0.1, 0.15) is 19.3 Å². The summed E-state index contributed by atoms with van der Waals surface area (Å²) >= 11 is 0. The van der Waals surface area contributed by atoms with Crippen molar-refractivity contribution in [2.75, 3.05) is 26.2 Å². The Morgan fingerprint density at radius 3 is 2.38 bits per heavy atom. The maximum Gasteiger partial charge on any atom is 0.573 e. The summed E-state index contributed by atoms with van der Waals surface area (Å²) in [6, 6.07) is 4.75. The van der Waals surface area contributed by atoms with E-state index in [1.165, 1.54) is 12.1 Å². The Bertz CT molecular complexity index is 665. The van der Waals surface area contributed by atoms with Gasteiger partial charge in [0.1, 0.15) is 10.6 Å². The average molecular weight is 419 g/mol. The van der Waals surface area contributed by atoms with E-state index in [0.29, 0.717) is 26.0 Å². The van der Waals surface area contributed by atoms with Gasteiger partial charge in [-0.1, -0.05) is 12.1 Å². The molecule has 26 heavy (non-hydrogen) atoms. The molecular weight excluding hydrogens is 397 g/mol. The van der Waals surface area contributed by atoms with Crippen LogP contribution in [0.5, 0.6) is 5.75 Å². The van der Waals surface area contributed by atoms with Gasteiger partial charge in [-0.25, -0.2) is 8.42 Å². The zero-order valence-electron chi connectivity index (χ0n) is 13.9. The number of halogens is 4. The second kappa shape index (κ2) is 9.75. The molecule has 0 atom stereocenters. The first-order valence-electron chi connectivity index (χ1n) is 7.90. The van der Waals surface area contributed by atoms with Crippen molar-refractivity contribution in [3.8, 4) is 5.75 Å². The predicted molar refractivity (Wildman–Crippen MR) is 91.8 cm³/mol. The van der Waals surface area contributed by atoms with Gasteiger partial charge in [0.05, 0.1) is 6.10 Å². The van der Waals surface area contributed by atoms with Gasteiger partial charge in [0.2, 0.25) is 10.0 Å². The quantitative estimate of drug-likeness (QED) is 0.688. The van der Waals surface area contributed by atoms with Crippen molar-refractivity contribution in [2.45, 2.75) is 36.6 Å². The number of alkyl halides is 3. The molecule has 6 nitrogen and oxygen atoms in total. The standard InChI is InChI=1S/C15H21F3N2O4S.ClH/c16-15(17,18)24-13-4-1-2-5-14(13)25(21,22)20-9-6-12(7-10-20)23-11-3-8-19;/h1-2,4-5,12H,3,6-11,19H2;1H. The minimum absolute atomic E-state index is 0. The third-order valence-electron chi connectivity index (χ3n) is 3.80. The number of hydrogen-bond donors (Lipinski definition) is 1. The normalized spacial score (nSPS) is 16.9. The maximum absolute atomic E-state index is 12.7. The Hall–Kier alpha value is -1.07. The Morgan fingerprint density at radius 1 is 1.19 bits per heavy atom. The van der Waals surface area contributed by atoms with Crippen LogP contribution in [0.25, 0.3) is 0 Å². The first-order valence-corrected chi connectivity index (χ1v) is 9.34. The lowest BCUT2D eigenvalue weighted by molar-refractivity contribution is -0.275. The highest BCUT2D eigenvalue weighted by atomic mass is 35.5. The number of hydrogen-bond acceptors (Lipinski definition) is 5. The van der Waals surface area contributed by atoms with E-state index < -0.39 is 27.0 Å². The summed E-state index contributed by atoms with van der Waals surface area (Å²) < 4.78 is 73.5. The molecule has 0 amide bonds. The van der Waals surface area contributed by atoms with Gasteiger partial charge in [-0.15, -0.1) is 25.6 Å². The molecule has 1 aromatic rings. The SMILES string of the molecule is Cl.NCCCOC1CCN(S(=O)(=O)c2ccccc2OC(F)(F)F)CC1. The van der Waals surface area contributed by atoms with Crippen molar-refractivity contribution in [1.29, 1.82) is 0 Å². The molecule has 1 heterocycles. The predicted octanol–water partition coefficient (Wildman–Crippen LogP) is 2.53. The van der Waals surface area contributed by atoms with Crippen LogP contribution in [0.4, 0.5) is 13.2 Å². The monoisotopic (exact) mass is 418 g/mol. The summed E-state index contributed by atoms with van der Waals surface area (Å²) in [7, 11) is -4.08. The van der Waals surface area contributed by atoms with Gasteiger partial charge < -0.3 is 15.2 Å². The van der Waals surface area contributed by atoms with E-state index in [2.05, 4.69) is 4.74 Å². The van der Waals surface area contributed by atoms with Crippen molar-refractivity contribution in [3.05, 3.63) is 24.3 Å². The fourth-order valence-corrected chi connectivity index (χ4v) is 4.17. The van der Waals surface area contributed by atoms with E-state index in [1.54, 1.807) is 0 Å². The Balaban J connectivity index is 0.00000338. The maximum atomic E-state index is 12.7. The molecule has 1 aliphatic heterocycles. The van der Waals surface area contributed by atoms with E-state index in [4.69, 9.17) is 10.5 Å². The molecule has 0 saturated carbocycles. The molecule has 150 valence electrons. The number of piperidine rings is 1. The minimum atomic E-state index is -4.96. The number of nitrogens with zero attached hydrogens (tertiary/aromatic N) is 1. The summed E-state index contributed by atoms with van der Waals surface area (Å²) in [6.45, 7) is 1.38. The fourth-order valence-electron chi connectivity index (χ4n) is 2.58. The number of nitrogens with two attached hydrogens (primary N) is 1. The second-order valence-electron chi connectivity index (χ2n) is 5.61. The molecular formula is C15H22ClF3N2O4S. The van der Waals surface area contributed by atoms with Crippen LogP contribution in [0.3, 0.4) is 0 Å². The van der Waals surface area contributed by atoms with E-state index in [1.807, 2.05) is 0 Å². The molecule has 0 aliphatic carbocycles. The fraction of sp³-hybridized carbons (Fsp3) is 0.600. The molecule has 2 rings (SSSR count). The molecule has 1 aliphatic rings. The smallest absolute Gasteiger partial charge is 0.404 e. The third-order valence-corrected chi connectivity index (χ3v) is 5.73. The van der Waals surface area contributed by atoms with Gasteiger partial charge >= 0.3 is 6.36 Å². The molecule has 0 spiro atoms. The zero-order valence-corrected chi connectivity index (χ0v) is 15.6. The van der Waals surface area contributed by atoms with Crippen LogP contribution in [0.15, 0.2) is 29.2 Å². The molecule has 1 saturated heterocycles. The van der Waals surface area contributed by atoms with Gasteiger partial charge in [0, 0.05) is 19.7 Å². The summed E-state index contributed by atoms with van der Waals surface area (Å²) in [5.74, 6) is -0.726. The van der Waals surface area contributed by atoms with Gasteiger partial charge in [0.15, 0.2) is 0 Å². The largest absolute Gasteiger partial charge is 0.573 e. The molecule has 0 unspecified atom stereocenters. The van der Waals surface area contributed by atoms with E-state index >= 15 is 0 Å². The lowest BCUT2D eigenvalue weighted by atomic mass is 10.1. The van der Waals surface area contributed by atoms with Gasteiger partial charge in [-0.05, 0) is 37.9 Å². The second-order valence-corrected chi connectivity index (χ2v) is 7.52. The lowest BCUT2D eigenvalue weighted by Gasteiger charge is -2.31. The molecule has 0 bridgehead atoms. The van der Waals surface area contributed by atoms with Crippen molar-refractivity contribution in [1.82, 2.24) is 4.31 Å². The summed E-state index contributed by atoms with van der Waals surface area (Å²) in [4.78, 5) is -0.491. The van der Waals surface area contributed by atoms with Crippen LogP contribution in [0.2, 0.25) is 0 Å². The van der Waals surface area contributed by atoms with Crippen LogP contribution in [0, 0.1) is 0 Å². The Morgan fingerprint density at radius 2 is 1.81 bits per heavy atom. The van der Waals surface area contributed by atoms with Gasteiger partial charge in [0.25, 0.3) is 0 Å². The zero-order chi connectivity index (χ0) is 18.5. The number of para-hydroxylation sites is 1. The summed E-state index contributed by atoms with van der Waals surface area (Å²) in [6.07, 6.45) is -3.35. The average Bonchev–Trinajstić information content (AvgIpc) is 2.54. The van der Waals surface area contributed by atoms with Crippen molar-refractivity contribution < 1.29 is 31.1 Å². The summed E-state index contributed by atoms with van der Waals surface area (Å²) in [5, 5.41) is 0. The Labute approximate surface area is 156 Å². The Kier molecular flexibility index (Phi) is 8.61. The number of benzene rings is 1. The van der Waals surface area contributed by atoms with Crippen LogP contribution in [-0.2, 0) is 14.8 Å². The molecule has 0 aromatic heterocycles. The van der Waals surface area contributed by atoms with Crippen molar-refractivity contribution in [3.63, 3.8) is 0 Å². The van der Waals surface area contributed by atoms with Crippen LogP contribution >= 0.6 is 12.4 Å². The molecule has 11 heteroatoms. The van der Waals surface area contributed by atoms with Gasteiger partial charge in [-0.3, -0.25) is 0 Å². The first kappa shape index (κ1) is 23.0. The molecule has 1 fully saturated rings. The molecule has 0 radical (unpaired) electrons. The van der Waals surface area contributed by atoms with Crippen molar-refractivity contribution in [2.24, 2.45) is 5.73 Å². The van der Waals surface area contributed by atoms with E-state index in [9.17, 15) is 21.6 Å². The summed E-state index contributed by atoms with van der Waals surface area (Å²) in [5.41, 5.74) is 5.39. The van der Waals surface area contributed by atoms with Crippen LogP contribution < -0.4 is 10.5 Å². The number of rotatable bonds is 7. The molecule has 2 N–H and O–H groups in total. The van der Waals surface area contributed by atoms with Crippen molar-refractivity contribution >= 4 is 22.4 Å². The van der Waals surface area contributed by atoms with Gasteiger partial charge in [-0.2, -0.15) is 4.31 Å². The highest BCUT2D eigenvalue weighted by Gasteiger charge is 2.36. The van der Waals surface area contributed by atoms with E-state index in [0.717, 1.165) is 22.9 Å². The first-order chi connectivity index (χ1) is 11.7. The highest BCUT2D eigenvalue weighted by molar-refractivity contribution is 7.89. The topological polar surface area (TPSA) is 81.9 Å². The third kappa shape index (κ3) is 6.27.